The third kappa shape index (κ3) is 6.09. The second-order valence-corrected chi connectivity index (χ2v) is 9.72. The van der Waals surface area contributed by atoms with Crippen molar-refractivity contribution in [2.45, 2.75) is 18.2 Å². The lowest BCUT2D eigenvalue weighted by atomic mass is 10.1. The standard InChI is InChI=1S/C24H20ClN3O2S2/c1-15-5-10-20-21(11-15)32-24(27-20)28-23(30)14-31-19-4-2-3-18(13-19)26-22(29)12-16-6-8-17(25)9-7-16/h2-11,13H,12,14H2,1H3,(H,26,29)(H,27,28,30). The number of fused-ring (bicyclic) bond motifs is 1. The van der Waals surface area contributed by atoms with E-state index in [1.165, 1.54) is 23.1 Å². The van der Waals surface area contributed by atoms with Gasteiger partial charge in [0, 0.05) is 15.6 Å². The number of aryl methyl sites for hydroxylation is 1. The smallest absolute Gasteiger partial charge is 0.236 e. The van der Waals surface area contributed by atoms with Crippen LogP contribution in [0, 0.1) is 6.92 Å². The van der Waals surface area contributed by atoms with Crippen LogP contribution in [-0.2, 0) is 16.0 Å². The fourth-order valence-electron chi connectivity index (χ4n) is 3.05. The molecule has 1 heterocycles. The predicted molar refractivity (Wildman–Crippen MR) is 134 cm³/mol. The van der Waals surface area contributed by atoms with Crippen LogP contribution < -0.4 is 10.6 Å². The summed E-state index contributed by atoms with van der Waals surface area (Å²) < 4.78 is 1.05. The number of aromatic nitrogens is 1. The molecule has 0 spiro atoms. The molecule has 0 unspecified atom stereocenters. The van der Waals surface area contributed by atoms with Crippen molar-refractivity contribution in [2.24, 2.45) is 0 Å². The van der Waals surface area contributed by atoms with Crippen molar-refractivity contribution in [1.82, 2.24) is 4.98 Å². The van der Waals surface area contributed by atoms with Gasteiger partial charge in [-0.2, -0.15) is 0 Å². The van der Waals surface area contributed by atoms with Crippen LogP contribution in [0.3, 0.4) is 0 Å². The Kier molecular flexibility index (Phi) is 7.09. The Morgan fingerprint density at radius 3 is 2.62 bits per heavy atom. The molecule has 2 amide bonds. The lowest BCUT2D eigenvalue weighted by Crippen LogP contribution is -2.14. The van der Waals surface area contributed by atoms with Gasteiger partial charge in [0.1, 0.15) is 0 Å². The van der Waals surface area contributed by atoms with Crippen LogP contribution in [0.15, 0.2) is 71.6 Å². The molecular formula is C24H20ClN3O2S2. The fraction of sp³-hybridized carbons (Fsp3) is 0.125. The van der Waals surface area contributed by atoms with Crippen molar-refractivity contribution in [3.05, 3.63) is 82.9 Å². The van der Waals surface area contributed by atoms with Crippen LogP contribution in [0.25, 0.3) is 10.2 Å². The molecule has 5 nitrogen and oxygen atoms in total. The molecule has 0 aliphatic rings. The minimum Gasteiger partial charge on any atom is -0.326 e. The molecule has 0 aliphatic carbocycles. The molecule has 32 heavy (non-hydrogen) atoms. The summed E-state index contributed by atoms with van der Waals surface area (Å²) in [6, 6.07) is 20.7. The normalized spacial score (nSPS) is 10.8. The van der Waals surface area contributed by atoms with E-state index in [-0.39, 0.29) is 24.0 Å². The van der Waals surface area contributed by atoms with Crippen molar-refractivity contribution >= 4 is 67.5 Å². The van der Waals surface area contributed by atoms with Gasteiger partial charge in [-0.05, 0) is 60.5 Å². The Hall–Kier alpha value is -2.87. The van der Waals surface area contributed by atoms with E-state index < -0.39 is 0 Å². The molecule has 0 atom stereocenters. The van der Waals surface area contributed by atoms with E-state index in [2.05, 4.69) is 21.7 Å². The van der Waals surface area contributed by atoms with Crippen LogP contribution in [0.2, 0.25) is 5.02 Å². The Balaban J connectivity index is 1.30. The summed E-state index contributed by atoms with van der Waals surface area (Å²) in [7, 11) is 0. The number of anilines is 2. The van der Waals surface area contributed by atoms with Crippen LogP contribution in [0.4, 0.5) is 10.8 Å². The van der Waals surface area contributed by atoms with Crippen molar-refractivity contribution < 1.29 is 9.59 Å². The van der Waals surface area contributed by atoms with Crippen molar-refractivity contribution in [3.63, 3.8) is 0 Å². The molecule has 2 N–H and O–H groups in total. The molecule has 3 aromatic carbocycles. The SMILES string of the molecule is Cc1ccc2nc(NC(=O)CSc3cccc(NC(=O)Cc4ccc(Cl)cc4)c3)sc2c1. The molecule has 0 saturated heterocycles. The maximum Gasteiger partial charge on any atom is 0.236 e. The van der Waals surface area contributed by atoms with E-state index in [4.69, 9.17) is 11.6 Å². The number of rotatable bonds is 7. The summed E-state index contributed by atoms with van der Waals surface area (Å²) in [5.74, 6) is 0.0122. The van der Waals surface area contributed by atoms with Gasteiger partial charge in [0.2, 0.25) is 11.8 Å². The van der Waals surface area contributed by atoms with Crippen LogP contribution in [0.5, 0.6) is 0 Å². The third-order valence-electron chi connectivity index (χ3n) is 4.56. The molecule has 0 saturated carbocycles. The second kappa shape index (κ2) is 10.2. The Bertz CT molecular complexity index is 1270. The fourth-order valence-corrected chi connectivity index (χ4v) is 4.91. The zero-order chi connectivity index (χ0) is 22.5. The van der Waals surface area contributed by atoms with Crippen molar-refractivity contribution in [3.8, 4) is 0 Å². The van der Waals surface area contributed by atoms with Gasteiger partial charge in [0.15, 0.2) is 5.13 Å². The molecule has 0 radical (unpaired) electrons. The highest BCUT2D eigenvalue weighted by Gasteiger charge is 2.10. The van der Waals surface area contributed by atoms with E-state index >= 15 is 0 Å². The van der Waals surface area contributed by atoms with Gasteiger partial charge in [0.05, 0.1) is 22.4 Å². The zero-order valence-corrected chi connectivity index (χ0v) is 19.6. The monoisotopic (exact) mass is 481 g/mol. The lowest BCUT2D eigenvalue weighted by molar-refractivity contribution is -0.115. The second-order valence-electron chi connectivity index (χ2n) is 7.21. The third-order valence-corrected chi connectivity index (χ3v) is 6.74. The number of hydrogen-bond acceptors (Lipinski definition) is 5. The number of halogens is 1. The molecule has 0 aliphatic heterocycles. The highest BCUT2D eigenvalue weighted by molar-refractivity contribution is 8.00. The van der Waals surface area contributed by atoms with E-state index in [9.17, 15) is 9.59 Å². The molecule has 0 fully saturated rings. The van der Waals surface area contributed by atoms with Gasteiger partial charge in [-0.3, -0.25) is 9.59 Å². The van der Waals surface area contributed by atoms with Crippen LogP contribution in [0.1, 0.15) is 11.1 Å². The number of carbonyl (C=O) groups is 2. The molecular weight excluding hydrogens is 462 g/mol. The Labute approximate surface area is 199 Å². The summed E-state index contributed by atoms with van der Waals surface area (Å²) in [5, 5.41) is 7.00. The van der Waals surface area contributed by atoms with Crippen molar-refractivity contribution in [1.29, 1.82) is 0 Å². The number of nitrogens with one attached hydrogen (secondary N) is 2. The molecule has 4 rings (SSSR count). The average molecular weight is 482 g/mol. The van der Waals surface area contributed by atoms with Gasteiger partial charge in [-0.1, -0.05) is 47.2 Å². The van der Waals surface area contributed by atoms with E-state index in [0.717, 1.165) is 26.2 Å². The van der Waals surface area contributed by atoms with Gasteiger partial charge in [0.25, 0.3) is 0 Å². The van der Waals surface area contributed by atoms with Gasteiger partial charge >= 0.3 is 0 Å². The molecule has 1 aromatic heterocycles. The van der Waals surface area contributed by atoms with E-state index in [1.54, 1.807) is 12.1 Å². The van der Waals surface area contributed by atoms with Gasteiger partial charge in [-0.15, -0.1) is 11.8 Å². The number of thioether (sulfide) groups is 1. The summed E-state index contributed by atoms with van der Waals surface area (Å²) >= 11 is 8.75. The minimum absolute atomic E-state index is 0.113. The Morgan fingerprint density at radius 1 is 1.00 bits per heavy atom. The summed E-state index contributed by atoms with van der Waals surface area (Å²) in [6.45, 7) is 2.03. The summed E-state index contributed by atoms with van der Waals surface area (Å²) in [4.78, 5) is 30.0. The van der Waals surface area contributed by atoms with Gasteiger partial charge in [-0.25, -0.2) is 4.98 Å². The number of carbonyl (C=O) groups excluding carboxylic acids is 2. The van der Waals surface area contributed by atoms with E-state index in [0.29, 0.717) is 15.8 Å². The predicted octanol–water partition coefficient (Wildman–Crippen LogP) is 6.17. The average Bonchev–Trinajstić information content (AvgIpc) is 3.15. The van der Waals surface area contributed by atoms with Crippen LogP contribution >= 0.6 is 34.7 Å². The van der Waals surface area contributed by atoms with Crippen molar-refractivity contribution in [2.75, 3.05) is 16.4 Å². The maximum absolute atomic E-state index is 12.4. The number of thiazole rings is 1. The van der Waals surface area contributed by atoms with Gasteiger partial charge < -0.3 is 10.6 Å². The first-order chi connectivity index (χ1) is 15.4. The lowest BCUT2D eigenvalue weighted by Gasteiger charge is -2.08. The number of benzene rings is 3. The molecule has 8 heteroatoms. The summed E-state index contributed by atoms with van der Waals surface area (Å²) in [6.07, 6.45) is 0.263. The molecule has 4 aromatic rings. The minimum atomic E-state index is -0.122. The maximum atomic E-state index is 12.4. The first kappa shape index (κ1) is 22.3. The first-order valence-electron chi connectivity index (χ1n) is 9.89. The largest absolute Gasteiger partial charge is 0.326 e. The first-order valence-corrected chi connectivity index (χ1v) is 12.1. The van der Waals surface area contributed by atoms with E-state index in [1.807, 2.05) is 55.5 Å². The molecule has 0 bridgehead atoms. The topological polar surface area (TPSA) is 71.1 Å². The zero-order valence-electron chi connectivity index (χ0n) is 17.2. The van der Waals surface area contributed by atoms with Crippen LogP contribution in [-0.4, -0.2) is 22.6 Å². The highest BCUT2D eigenvalue weighted by Crippen LogP contribution is 2.27. The highest BCUT2D eigenvalue weighted by atomic mass is 35.5. The Morgan fingerprint density at radius 2 is 1.81 bits per heavy atom. The number of hydrogen-bond donors (Lipinski definition) is 2. The summed E-state index contributed by atoms with van der Waals surface area (Å²) in [5.41, 5.74) is 3.62. The number of nitrogens with zero attached hydrogens (tertiary/aromatic N) is 1. The number of amides is 2. The quantitative estimate of drug-likeness (QED) is 0.309. The molecule has 162 valence electrons.